The molecule has 0 aromatic carbocycles. The van der Waals surface area contributed by atoms with Crippen LogP contribution in [-0.2, 0) is 9.53 Å². The summed E-state index contributed by atoms with van der Waals surface area (Å²) >= 11 is 0. The molecule has 2 atom stereocenters. The van der Waals surface area contributed by atoms with Gasteiger partial charge >= 0.3 is 5.97 Å². The minimum atomic E-state index is -0.393. The van der Waals surface area contributed by atoms with E-state index in [0.717, 1.165) is 12.1 Å². The number of nitrogens with two attached hydrogens (primary N) is 1. The zero-order valence-corrected chi connectivity index (χ0v) is 10.9. The lowest BCUT2D eigenvalue weighted by Gasteiger charge is -2.19. The normalized spacial score (nSPS) is 14.7. The summed E-state index contributed by atoms with van der Waals surface area (Å²) in [6.07, 6.45) is 4.20. The Bertz CT molecular complexity index is 374. The summed E-state index contributed by atoms with van der Waals surface area (Å²) < 4.78 is 6.50. The van der Waals surface area contributed by atoms with Crippen molar-refractivity contribution >= 4 is 5.97 Å². The molecule has 5 nitrogen and oxygen atoms in total. The molecule has 0 saturated heterocycles. The van der Waals surface area contributed by atoms with Crippen molar-refractivity contribution in [2.24, 2.45) is 11.7 Å². The third-order valence-corrected chi connectivity index (χ3v) is 2.76. The quantitative estimate of drug-likeness (QED) is 0.793. The number of nitrogens with zero attached hydrogens (tertiary/aromatic N) is 2. The standard InChI is InChI=1S/C12H21N3O2/c1-8(2)5-10(13)11-6-14-7-15(11)9(3)12(16)17-4/h6-10H,5,13H2,1-4H3. The van der Waals surface area contributed by atoms with Crippen molar-refractivity contribution in [1.82, 2.24) is 9.55 Å². The molecule has 0 radical (unpaired) electrons. The van der Waals surface area contributed by atoms with Gasteiger partial charge in [0.05, 0.1) is 19.1 Å². The second-order valence-corrected chi connectivity index (χ2v) is 4.66. The van der Waals surface area contributed by atoms with Gasteiger partial charge in [0.2, 0.25) is 0 Å². The van der Waals surface area contributed by atoms with Crippen molar-refractivity contribution in [2.45, 2.75) is 39.3 Å². The van der Waals surface area contributed by atoms with Crippen LogP contribution in [0.4, 0.5) is 0 Å². The third kappa shape index (κ3) is 3.30. The van der Waals surface area contributed by atoms with Crippen LogP contribution in [0.2, 0.25) is 0 Å². The number of methoxy groups -OCH3 is 1. The highest BCUT2D eigenvalue weighted by atomic mass is 16.5. The van der Waals surface area contributed by atoms with Gasteiger partial charge in [-0.3, -0.25) is 0 Å². The molecule has 0 fully saturated rings. The molecule has 0 saturated carbocycles. The summed E-state index contributed by atoms with van der Waals surface area (Å²) in [6, 6.07) is -0.500. The van der Waals surface area contributed by atoms with E-state index in [9.17, 15) is 4.79 Å². The number of esters is 1. The largest absolute Gasteiger partial charge is 0.467 e. The molecule has 0 aliphatic rings. The predicted molar refractivity (Wildman–Crippen MR) is 65.3 cm³/mol. The lowest BCUT2D eigenvalue weighted by atomic mass is 10.0. The first-order chi connectivity index (χ1) is 7.97. The number of ether oxygens (including phenoxy) is 1. The average Bonchev–Trinajstić information content (AvgIpc) is 2.74. The Kier molecular flexibility index (Phi) is 4.69. The minimum Gasteiger partial charge on any atom is -0.467 e. The zero-order chi connectivity index (χ0) is 13.0. The van der Waals surface area contributed by atoms with E-state index < -0.39 is 6.04 Å². The Labute approximate surface area is 102 Å². The molecule has 1 rings (SSSR count). The maximum atomic E-state index is 11.5. The Morgan fingerprint density at radius 1 is 1.53 bits per heavy atom. The van der Waals surface area contributed by atoms with E-state index in [2.05, 4.69) is 18.8 Å². The number of hydrogen-bond acceptors (Lipinski definition) is 4. The van der Waals surface area contributed by atoms with Crippen molar-refractivity contribution < 1.29 is 9.53 Å². The van der Waals surface area contributed by atoms with Crippen LogP contribution in [0.3, 0.4) is 0 Å². The molecule has 2 N–H and O–H groups in total. The van der Waals surface area contributed by atoms with Gasteiger partial charge in [-0.25, -0.2) is 9.78 Å². The van der Waals surface area contributed by atoms with E-state index in [0.29, 0.717) is 5.92 Å². The summed E-state index contributed by atoms with van der Waals surface area (Å²) in [5.74, 6) is 0.211. The topological polar surface area (TPSA) is 70.1 Å². The van der Waals surface area contributed by atoms with Crippen LogP contribution < -0.4 is 5.73 Å². The summed E-state index contributed by atoms with van der Waals surface area (Å²) in [5, 5.41) is 0. The molecule has 0 aliphatic heterocycles. The Balaban J connectivity index is 2.88. The third-order valence-electron chi connectivity index (χ3n) is 2.76. The molecule has 0 amide bonds. The average molecular weight is 239 g/mol. The Morgan fingerprint density at radius 2 is 2.18 bits per heavy atom. The molecular formula is C12H21N3O2. The van der Waals surface area contributed by atoms with Crippen LogP contribution in [0.25, 0.3) is 0 Å². The van der Waals surface area contributed by atoms with Crippen LogP contribution in [0.5, 0.6) is 0 Å². The Hall–Kier alpha value is -1.36. The van der Waals surface area contributed by atoms with Crippen molar-refractivity contribution in [3.8, 4) is 0 Å². The lowest BCUT2D eigenvalue weighted by Crippen LogP contribution is -2.23. The number of aromatic nitrogens is 2. The van der Waals surface area contributed by atoms with Crippen LogP contribution in [-0.4, -0.2) is 22.6 Å². The SMILES string of the molecule is COC(=O)C(C)n1cncc1C(N)CC(C)C. The molecule has 2 unspecified atom stereocenters. The van der Waals surface area contributed by atoms with Crippen LogP contribution in [0.15, 0.2) is 12.5 Å². The van der Waals surface area contributed by atoms with E-state index >= 15 is 0 Å². The first kappa shape index (κ1) is 13.7. The maximum Gasteiger partial charge on any atom is 0.328 e. The fraction of sp³-hybridized carbons (Fsp3) is 0.667. The van der Waals surface area contributed by atoms with Crippen LogP contribution >= 0.6 is 0 Å². The van der Waals surface area contributed by atoms with Crippen molar-refractivity contribution in [3.05, 3.63) is 18.2 Å². The molecule has 1 heterocycles. The van der Waals surface area contributed by atoms with Gasteiger partial charge in [-0.1, -0.05) is 13.8 Å². The molecule has 17 heavy (non-hydrogen) atoms. The summed E-state index contributed by atoms with van der Waals surface area (Å²) in [7, 11) is 1.38. The van der Waals surface area contributed by atoms with Gasteiger partial charge in [0.1, 0.15) is 6.04 Å². The second kappa shape index (κ2) is 5.82. The highest BCUT2D eigenvalue weighted by molar-refractivity contribution is 5.73. The first-order valence-electron chi connectivity index (χ1n) is 5.82. The summed E-state index contributed by atoms with van der Waals surface area (Å²) in [4.78, 5) is 15.6. The predicted octanol–water partition coefficient (Wildman–Crippen LogP) is 1.66. The van der Waals surface area contributed by atoms with Crippen molar-refractivity contribution in [2.75, 3.05) is 7.11 Å². The number of carbonyl (C=O) groups is 1. The molecule has 1 aromatic heterocycles. The van der Waals surface area contributed by atoms with Gasteiger partial charge in [0.25, 0.3) is 0 Å². The first-order valence-corrected chi connectivity index (χ1v) is 5.82. The zero-order valence-electron chi connectivity index (χ0n) is 10.9. The van der Waals surface area contributed by atoms with Crippen molar-refractivity contribution in [1.29, 1.82) is 0 Å². The van der Waals surface area contributed by atoms with Gasteiger partial charge in [-0.05, 0) is 19.3 Å². The smallest absolute Gasteiger partial charge is 0.328 e. The maximum absolute atomic E-state index is 11.5. The van der Waals surface area contributed by atoms with Gasteiger partial charge in [-0.15, -0.1) is 0 Å². The van der Waals surface area contributed by atoms with Gasteiger partial charge in [-0.2, -0.15) is 0 Å². The molecular weight excluding hydrogens is 218 g/mol. The van der Waals surface area contributed by atoms with Crippen molar-refractivity contribution in [3.63, 3.8) is 0 Å². The highest BCUT2D eigenvalue weighted by Crippen LogP contribution is 2.21. The molecule has 0 aliphatic carbocycles. The number of imidazole rings is 1. The fourth-order valence-electron chi connectivity index (χ4n) is 1.84. The van der Waals surface area contributed by atoms with E-state index in [1.165, 1.54) is 7.11 Å². The van der Waals surface area contributed by atoms with E-state index in [4.69, 9.17) is 10.5 Å². The summed E-state index contributed by atoms with van der Waals surface area (Å²) in [5.41, 5.74) is 6.98. The van der Waals surface area contributed by atoms with Crippen LogP contribution in [0.1, 0.15) is 45.0 Å². The monoisotopic (exact) mass is 239 g/mol. The van der Waals surface area contributed by atoms with Crippen LogP contribution in [0, 0.1) is 5.92 Å². The number of carbonyl (C=O) groups excluding carboxylic acids is 1. The summed E-state index contributed by atoms with van der Waals surface area (Å²) in [6.45, 7) is 6.01. The van der Waals surface area contributed by atoms with Gasteiger partial charge < -0.3 is 15.0 Å². The van der Waals surface area contributed by atoms with E-state index in [1.54, 1.807) is 24.0 Å². The molecule has 0 spiro atoms. The minimum absolute atomic E-state index is 0.107. The molecule has 1 aromatic rings. The second-order valence-electron chi connectivity index (χ2n) is 4.66. The molecule has 96 valence electrons. The van der Waals surface area contributed by atoms with E-state index in [-0.39, 0.29) is 12.0 Å². The van der Waals surface area contributed by atoms with Gasteiger partial charge in [0, 0.05) is 12.2 Å². The van der Waals surface area contributed by atoms with Gasteiger partial charge in [0.15, 0.2) is 0 Å². The number of hydrogen-bond donors (Lipinski definition) is 1. The fourth-order valence-corrected chi connectivity index (χ4v) is 1.84. The highest BCUT2D eigenvalue weighted by Gasteiger charge is 2.21. The Morgan fingerprint density at radius 3 is 2.71 bits per heavy atom. The molecule has 5 heteroatoms. The number of rotatable bonds is 5. The van der Waals surface area contributed by atoms with E-state index in [1.807, 2.05) is 0 Å². The molecule has 0 bridgehead atoms. The lowest BCUT2D eigenvalue weighted by molar-refractivity contribution is -0.144.